The maximum absolute atomic E-state index is 3.80. The molecular formula is C17H26N2. The fourth-order valence-corrected chi connectivity index (χ4v) is 3.76. The van der Waals surface area contributed by atoms with Crippen molar-refractivity contribution in [3.63, 3.8) is 0 Å². The Kier molecular flexibility index (Phi) is 4.07. The zero-order valence-corrected chi connectivity index (χ0v) is 12.0. The summed E-state index contributed by atoms with van der Waals surface area (Å²) in [6.07, 6.45) is 8.24. The van der Waals surface area contributed by atoms with Gasteiger partial charge in [-0.15, -0.1) is 0 Å². The Morgan fingerprint density at radius 1 is 1.00 bits per heavy atom. The molecule has 2 nitrogen and oxygen atoms in total. The molecule has 0 spiro atoms. The highest BCUT2D eigenvalue weighted by atomic mass is 15.0. The number of hydrogen-bond acceptors (Lipinski definition) is 2. The number of hydrogen-bond donors (Lipinski definition) is 2. The van der Waals surface area contributed by atoms with Crippen LogP contribution in [0.15, 0.2) is 24.3 Å². The van der Waals surface area contributed by atoms with E-state index in [1.54, 1.807) is 0 Å². The van der Waals surface area contributed by atoms with Gasteiger partial charge in [0.1, 0.15) is 0 Å². The monoisotopic (exact) mass is 258 g/mol. The van der Waals surface area contributed by atoms with Gasteiger partial charge in [0.25, 0.3) is 0 Å². The standard InChI is InChI=1S/C17H26N2/c1-13-8-10-14(11-9-13)19-17-6-3-2-5-15(17)16-7-4-12-18-16/h8-11,15-19H,2-7,12H2,1H3. The smallest absolute Gasteiger partial charge is 0.0342 e. The molecule has 3 unspecified atom stereocenters. The van der Waals surface area contributed by atoms with Crippen molar-refractivity contribution in [1.82, 2.24) is 5.32 Å². The molecule has 2 aliphatic rings. The van der Waals surface area contributed by atoms with E-state index in [1.165, 1.54) is 56.3 Å². The van der Waals surface area contributed by atoms with Gasteiger partial charge in [0.15, 0.2) is 0 Å². The van der Waals surface area contributed by atoms with Gasteiger partial charge >= 0.3 is 0 Å². The molecular weight excluding hydrogens is 232 g/mol. The molecule has 2 heteroatoms. The molecule has 1 aliphatic carbocycles. The van der Waals surface area contributed by atoms with Gasteiger partial charge < -0.3 is 10.6 Å². The highest BCUT2D eigenvalue weighted by molar-refractivity contribution is 5.45. The Hall–Kier alpha value is -1.02. The SMILES string of the molecule is Cc1ccc(NC2CCCCC2C2CCCN2)cc1. The van der Waals surface area contributed by atoms with E-state index in [4.69, 9.17) is 0 Å². The molecule has 104 valence electrons. The van der Waals surface area contributed by atoms with Crippen molar-refractivity contribution in [2.24, 2.45) is 5.92 Å². The summed E-state index contributed by atoms with van der Waals surface area (Å²) in [5, 5.41) is 7.51. The van der Waals surface area contributed by atoms with Crippen molar-refractivity contribution in [2.75, 3.05) is 11.9 Å². The van der Waals surface area contributed by atoms with Crippen molar-refractivity contribution in [3.8, 4) is 0 Å². The predicted octanol–water partition coefficient (Wildman–Crippen LogP) is 3.72. The van der Waals surface area contributed by atoms with Crippen LogP contribution in [0.4, 0.5) is 5.69 Å². The van der Waals surface area contributed by atoms with Crippen LogP contribution < -0.4 is 10.6 Å². The van der Waals surface area contributed by atoms with Gasteiger partial charge in [0.2, 0.25) is 0 Å². The summed E-state index contributed by atoms with van der Waals surface area (Å²) in [7, 11) is 0. The van der Waals surface area contributed by atoms with Crippen LogP contribution in [0.5, 0.6) is 0 Å². The number of rotatable bonds is 3. The second-order valence-electron chi connectivity index (χ2n) is 6.27. The third-order valence-corrected chi connectivity index (χ3v) is 4.84. The van der Waals surface area contributed by atoms with Crippen LogP contribution in [-0.4, -0.2) is 18.6 Å². The quantitative estimate of drug-likeness (QED) is 0.863. The van der Waals surface area contributed by atoms with Gasteiger partial charge in [-0.05, 0) is 57.2 Å². The third kappa shape index (κ3) is 3.11. The first kappa shape index (κ1) is 13.0. The third-order valence-electron chi connectivity index (χ3n) is 4.84. The van der Waals surface area contributed by atoms with Crippen molar-refractivity contribution >= 4 is 5.69 Å². The molecule has 1 saturated heterocycles. The Morgan fingerprint density at radius 2 is 1.79 bits per heavy atom. The van der Waals surface area contributed by atoms with Gasteiger partial charge in [0.05, 0.1) is 0 Å². The molecule has 0 amide bonds. The molecule has 1 aliphatic heterocycles. The van der Waals surface area contributed by atoms with E-state index in [1.807, 2.05) is 0 Å². The molecule has 3 atom stereocenters. The lowest BCUT2D eigenvalue weighted by Gasteiger charge is -2.36. The summed E-state index contributed by atoms with van der Waals surface area (Å²) in [6, 6.07) is 10.3. The van der Waals surface area contributed by atoms with E-state index in [2.05, 4.69) is 41.8 Å². The lowest BCUT2D eigenvalue weighted by Crippen LogP contribution is -2.43. The van der Waals surface area contributed by atoms with Crippen molar-refractivity contribution in [3.05, 3.63) is 29.8 Å². The molecule has 1 heterocycles. The van der Waals surface area contributed by atoms with Crippen LogP contribution in [0.1, 0.15) is 44.1 Å². The Balaban J connectivity index is 1.67. The van der Waals surface area contributed by atoms with E-state index in [0.29, 0.717) is 6.04 Å². The van der Waals surface area contributed by atoms with Crippen LogP contribution in [0.25, 0.3) is 0 Å². The number of anilines is 1. The molecule has 2 fully saturated rings. The lowest BCUT2D eigenvalue weighted by molar-refractivity contribution is 0.263. The van der Waals surface area contributed by atoms with E-state index in [0.717, 1.165) is 12.0 Å². The maximum Gasteiger partial charge on any atom is 0.0342 e. The van der Waals surface area contributed by atoms with Gasteiger partial charge in [-0.3, -0.25) is 0 Å². The maximum atomic E-state index is 3.80. The summed E-state index contributed by atoms with van der Waals surface area (Å²) in [5.41, 5.74) is 2.63. The van der Waals surface area contributed by atoms with E-state index >= 15 is 0 Å². The molecule has 1 aromatic carbocycles. The van der Waals surface area contributed by atoms with Gasteiger partial charge in [-0.25, -0.2) is 0 Å². The number of aryl methyl sites for hydroxylation is 1. The molecule has 2 N–H and O–H groups in total. The number of nitrogens with one attached hydrogen (secondary N) is 2. The summed E-state index contributed by atoms with van der Waals surface area (Å²) < 4.78 is 0. The molecule has 1 aromatic rings. The molecule has 19 heavy (non-hydrogen) atoms. The Bertz CT molecular complexity index is 392. The van der Waals surface area contributed by atoms with Crippen LogP contribution in [0.2, 0.25) is 0 Å². The topological polar surface area (TPSA) is 24.1 Å². The average Bonchev–Trinajstić information content (AvgIpc) is 2.96. The van der Waals surface area contributed by atoms with Gasteiger partial charge in [-0.1, -0.05) is 30.5 Å². The van der Waals surface area contributed by atoms with Crippen molar-refractivity contribution < 1.29 is 0 Å². The molecule has 0 bridgehead atoms. The van der Waals surface area contributed by atoms with Crippen molar-refractivity contribution in [1.29, 1.82) is 0 Å². The minimum Gasteiger partial charge on any atom is -0.382 e. The summed E-state index contributed by atoms with van der Waals surface area (Å²) in [4.78, 5) is 0. The molecule has 3 rings (SSSR count). The fraction of sp³-hybridized carbons (Fsp3) is 0.647. The molecule has 1 saturated carbocycles. The van der Waals surface area contributed by atoms with Crippen LogP contribution in [-0.2, 0) is 0 Å². The first-order chi connectivity index (χ1) is 9.33. The summed E-state index contributed by atoms with van der Waals surface area (Å²) >= 11 is 0. The lowest BCUT2D eigenvalue weighted by atomic mass is 9.79. The van der Waals surface area contributed by atoms with Crippen LogP contribution in [0, 0.1) is 12.8 Å². The largest absolute Gasteiger partial charge is 0.382 e. The van der Waals surface area contributed by atoms with Gasteiger partial charge in [0, 0.05) is 17.8 Å². The molecule has 0 radical (unpaired) electrons. The number of benzene rings is 1. The zero-order chi connectivity index (χ0) is 13.1. The van der Waals surface area contributed by atoms with E-state index in [-0.39, 0.29) is 0 Å². The normalized spacial score (nSPS) is 31.3. The highest BCUT2D eigenvalue weighted by Gasteiger charge is 2.33. The van der Waals surface area contributed by atoms with Crippen LogP contribution in [0.3, 0.4) is 0 Å². The Labute approximate surface area is 117 Å². The highest BCUT2D eigenvalue weighted by Crippen LogP contribution is 2.32. The average molecular weight is 258 g/mol. The van der Waals surface area contributed by atoms with E-state index < -0.39 is 0 Å². The predicted molar refractivity (Wildman–Crippen MR) is 81.6 cm³/mol. The van der Waals surface area contributed by atoms with Gasteiger partial charge in [-0.2, -0.15) is 0 Å². The second-order valence-corrected chi connectivity index (χ2v) is 6.27. The summed E-state index contributed by atoms with van der Waals surface area (Å²) in [6.45, 7) is 3.37. The fourth-order valence-electron chi connectivity index (χ4n) is 3.76. The second kappa shape index (κ2) is 5.96. The Morgan fingerprint density at radius 3 is 2.53 bits per heavy atom. The van der Waals surface area contributed by atoms with Crippen molar-refractivity contribution in [2.45, 2.75) is 57.5 Å². The minimum absolute atomic E-state index is 0.659. The first-order valence-corrected chi connectivity index (χ1v) is 7.89. The summed E-state index contributed by atoms with van der Waals surface area (Å²) in [5.74, 6) is 0.817. The van der Waals surface area contributed by atoms with E-state index in [9.17, 15) is 0 Å². The zero-order valence-electron chi connectivity index (χ0n) is 12.0. The molecule has 0 aromatic heterocycles. The minimum atomic E-state index is 0.659. The first-order valence-electron chi connectivity index (χ1n) is 7.89. The van der Waals surface area contributed by atoms with Crippen LogP contribution >= 0.6 is 0 Å².